The van der Waals surface area contributed by atoms with E-state index in [0.29, 0.717) is 0 Å². The topological polar surface area (TPSA) is 39.2 Å². The molecule has 0 aliphatic carbocycles. The number of pyridine rings is 1. The van der Waals surface area contributed by atoms with Gasteiger partial charge in [-0.1, -0.05) is 11.5 Å². The van der Waals surface area contributed by atoms with E-state index in [9.17, 15) is 17.7 Å². The second-order valence-electron chi connectivity index (χ2n) is 2.87. The fourth-order valence-corrected chi connectivity index (χ4v) is 1.11. The summed E-state index contributed by atoms with van der Waals surface area (Å²) in [6, 6.07) is 2.09. The summed E-state index contributed by atoms with van der Waals surface area (Å²) in [6.45, 7) is -5.14. The van der Waals surface area contributed by atoms with Crippen LogP contribution in [0.2, 0.25) is 0 Å². The van der Waals surface area contributed by atoms with Gasteiger partial charge in [0.15, 0.2) is 0 Å². The maximum Gasteiger partial charge on any atom is 1.00 e. The molecule has 8 heteroatoms. The summed E-state index contributed by atoms with van der Waals surface area (Å²) in [4.78, 5) is 14.4. The largest absolute Gasteiger partial charge is 1.00 e. The Morgan fingerprint density at radius 3 is 2.62 bits per heavy atom. The molecule has 0 aliphatic rings. The van der Waals surface area contributed by atoms with Gasteiger partial charge in [0.1, 0.15) is 0 Å². The smallest absolute Gasteiger partial charge is 0.469 e. The van der Waals surface area contributed by atoms with Crippen LogP contribution in [0.25, 0.3) is 0 Å². The standard InChI is InChI=1S/C8H8BF3NO2.K/c1-15-8(14)5-7-6(9(10,11)12)3-2-4-13-7;/h2-4H,5H2,1H3;/q-1;+1. The van der Waals surface area contributed by atoms with Crippen LogP contribution < -0.4 is 56.8 Å². The van der Waals surface area contributed by atoms with Gasteiger partial charge in [-0.15, -0.1) is 0 Å². The first-order chi connectivity index (χ1) is 6.95. The van der Waals surface area contributed by atoms with Crippen LogP contribution in [-0.4, -0.2) is 25.0 Å². The van der Waals surface area contributed by atoms with E-state index in [1.807, 2.05) is 0 Å². The van der Waals surface area contributed by atoms with Gasteiger partial charge in [0.25, 0.3) is 0 Å². The minimum absolute atomic E-state index is 0. The first kappa shape index (κ1) is 16.1. The monoisotopic (exact) mass is 257 g/mol. The first-order valence-corrected chi connectivity index (χ1v) is 4.15. The number of aromatic nitrogens is 1. The molecular formula is C8H8BF3KNO2. The average Bonchev–Trinajstić information content (AvgIpc) is 2.17. The molecule has 1 heterocycles. The van der Waals surface area contributed by atoms with Gasteiger partial charge < -0.3 is 17.7 Å². The zero-order chi connectivity index (χ0) is 11.5. The molecule has 0 amide bonds. The van der Waals surface area contributed by atoms with Crippen LogP contribution in [0.4, 0.5) is 12.9 Å². The Bertz CT molecular complexity index is 373. The van der Waals surface area contributed by atoms with Gasteiger partial charge in [-0.3, -0.25) is 9.78 Å². The predicted octanol–water partition coefficient (Wildman–Crippen LogP) is -2.14. The summed E-state index contributed by atoms with van der Waals surface area (Å²) in [5.74, 6) is -0.741. The van der Waals surface area contributed by atoms with Gasteiger partial charge in [-0.2, -0.15) is 0 Å². The van der Waals surface area contributed by atoms with Crippen molar-refractivity contribution < 1.29 is 73.9 Å². The maximum atomic E-state index is 12.5. The quantitative estimate of drug-likeness (QED) is 0.458. The SMILES string of the molecule is COC(=O)Cc1ncccc1[B-](F)(F)F.[K+]. The molecule has 82 valence electrons. The number of carbonyl (C=O) groups excluding carboxylic acids is 1. The fraction of sp³-hybridized carbons (Fsp3) is 0.250. The minimum Gasteiger partial charge on any atom is -0.469 e. The number of carbonyl (C=O) groups is 1. The zero-order valence-electron chi connectivity index (χ0n) is 8.91. The van der Waals surface area contributed by atoms with Gasteiger partial charge in [0.2, 0.25) is 0 Å². The van der Waals surface area contributed by atoms with E-state index >= 15 is 0 Å². The van der Waals surface area contributed by atoms with E-state index in [1.54, 1.807) is 0 Å². The van der Waals surface area contributed by atoms with E-state index in [4.69, 9.17) is 0 Å². The normalized spacial score (nSPS) is 10.5. The van der Waals surface area contributed by atoms with Crippen molar-refractivity contribution in [3.8, 4) is 0 Å². The third-order valence-electron chi connectivity index (χ3n) is 1.82. The molecule has 0 unspecified atom stereocenters. The predicted molar refractivity (Wildman–Crippen MR) is 48.7 cm³/mol. The van der Waals surface area contributed by atoms with Crippen LogP contribution >= 0.6 is 0 Å². The van der Waals surface area contributed by atoms with Crippen LogP contribution in [0.5, 0.6) is 0 Å². The van der Waals surface area contributed by atoms with Crippen LogP contribution in [-0.2, 0) is 16.0 Å². The molecule has 1 rings (SSSR count). The van der Waals surface area contributed by atoms with Crippen LogP contribution in [0.3, 0.4) is 0 Å². The summed E-state index contributed by atoms with van der Waals surface area (Å²) in [5, 5.41) is 0. The van der Waals surface area contributed by atoms with Crippen LogP contribution in [0.15, 0.2) is 18.3 Å². The number of ether oxygens (including phenoxy) is 1. The van der Waals surface area contributed by atoms with Crippen molar-refractivity contribution in [2.45, 2.75) is 6.42 Å². The number of nitrogens with zero attached hydrogens (tertiary/aromatic N) is 1. The summed E-state index contributed by atoms with van der Waals surface area (Å²) in [7, 11) is 1.11. The second-order valence-corrected chi connectivity index (χ2v) is 2.87. The van der Waals surface area contributed by atoms with Gasteiger partial charge in [-0.25, -0.2) is 0 Å². The number of methoxy groups -OCH3 is 1. The number of esters is 1. The Morgan fingerprint density at radius 2 is 2.12 bits per heavy atom. The second kappa shape index (κ2) is 6.75. The van der Waals surface area contributed by atoms with E-state index < -0.39 is 24.8 Å². The molecule has 0 radical (unpaired) electrons. The molecule has 1 aromatic heterocycles. The molecule has 16 heavy (non-hydrogen) atoms. The van der Waals surface area contributed by atoms with Gasteiger partial charge in [0, 0.05) is 11.9 Å². The number of halogens is 3. The molecule has 0 fully saturated rings. The summed E-state index contributed by atoms with van der Waals surface area (Å²) >= 11 is 0. The molecule has 0 saturated carbocycles. The first-order valence-electron chi connectivity index (χ1n) is 4.15. The van der Waals surface area contributed by atoms with Crippen LogP contribution in [0, 0.1) is 0 Å². The Labute approximate surface area is 133 Å². The molecule has 0 atom stereocenters. The maximum absolute atomic E-state index is 12.5. The van der Waals surface area contributed by atoms with E-state index in [-0.39, 0.29) is 57.1 Å². The number of hydrogen-bond acceptors (Lipinski definition) is 3. The van der Waals surface area contributed by atoms with Crippen molar-refractivity contribution in [2.75, 3.05) is 7.11 Å². The van der Waals surface area contributed by atoms with Crippen molar-refractivity contribution in [1.29, 1.82) is 0 Å². The third-order valence-corrected chi connectivity index (χ3v) is 1.82. The summed E-state index contributed by atoms with van der Waals surface area (Å²) in [6.07, 6.45) is 0.748. The number of hydrogen-bond donors (Lipinski definition) is 0. The minimum atomic E-state index is -5.14. The Morgan fingerprint density at radius 1 is 1.50 bits per heavy atom. The van der Waals surface area contributed by atoms with Crippen molar-refractivity contribution in [2.24, 2.45) is 0 Å². The Kier molecular flexibility index (Phi) is 6.80. The average molecular weight is 257 g/mol. The molecule has 0 N–H and O–H groups in total. The zero-order valence-corrected chi connectivity index (χ0v) is 12.0. The molecular weight excluding hydrogens is 249 g/mol. The molecule has 0 aromatic carbocycles. The number of rotatable bonds is 3. The van der Waals surface area contributed by atoms with E-state index in [1.165, 1.54) is 12.3 Å². The van der Waals surface area contributed by atoms with E-state index in [0.717, 1.165) is 13.2 Å². The van der Waals surface area contributed by atoms with Gasteiger partial charge in [0.05, 0.1) is 13.5 Å². The molecule has 0 saturated heterocycles. The van der Waals surface area contributed by atoms with Crippen molar-refractivity contribution >= 4 is 18.4 Å². The van der Waals surface area contributed by atoms with Gasteiger partial charge in [-0.05, 0) is 6.07 Å². The third kappa shape index (κ3) is 4.54. The van der Waals surface area contributed by atoms with Crippen molar-refractivity contribution in [3.63, 3.8) is 0 Å². The van der Waals surface area contributed by atoms with E-state index in [2.05, 4.69) is 9.72 Å². The van der Waals surface area contributed by atoms with Crippen molar-refractivity contribution in [3.05, 3.63) is 24.0 Å². The molecule has 1 aromatic rings. The Hall–Kier alpha value is 0.111. The van der Waals surface area contributed by atoms with Crippen molar-refractivity contribution in [1.82, 2.24) is 4.98 Å². The van der Waals surface area contributed by atoms with Gasteiger partial charge >= 0.3 is 64.3 Å². The summed E-state index contributed by atoms with van der Waals surface area (Å²) in [5.41, 5.74) is -1.14. The molecule has 0 bridgehead atoms. The molecule has 0 spiro atoms. The van der Waals surface area contributed by atoms with Crippen LogP contribution in [0.1, 0.15) is 5.69 Å². The Balaban J connectivity index is 0.00000225. The fourth-order valence-electron chi connectivity index (χ4n) is 1.11. The summed E-state index contributed by atoms with van der Waals surface area (Å²) < 4.78 is 41.7. The molecule has 0 aliphatic heterocycles. The molecule has 3 nitrogen and oxygen atoms in total.